The van der Waals surface area contributed by atoms with Crippen molar-refractivity contribution in [3.05, 3.63) is 18.2 Å². The van der Waals surface area contributed by atoms with Gasteiger partial charge in [0.05, 0.1) is 6.07 Å². The van der Waals surface area contributed by atoms with Crippen LogP contribution >= 0.6 is 0 Å². The molecule has 0 spiro atoms. The van der Waals surface area contributed by atoms with Crippen LogP contribution in [0.2, 0.25) is 0 Å². The molecule has 0 aliphatic heterocycles. The molecule has 0 radical (unpaired) electrons. The highest BCUT2D eigenvalue weighted by Crippen LogP contribution is 2.38. The first-order valence-electron chi connectivity index (χ1n) is 8.18. The van der Waals surface area contributed by atoms with E-state index in [9.17, 15) is 5.26 Å². The second-order valence-electron chi connectivity index (χ2n) is 6.89. The number of nitrogens with zero attached hydrogens (tertiary/aromatic N) is 3. The largest absolute Gasteiger partial charge is 0.335 e. The monoisotopic (exact) mass is 288 g/mol. The lowest BCUT2D eigenvalue weighted by Gasteiger charge is -2.32. The zero-order chi connectivity index (χ0) is 15.5. The molecule has 2 unspecified atom stereocenters. The Hall–Kier alpha value is -1.34. The molecule has 4 heteroatoms. The molecule has 0 bridgehead atoms. The van der Waals surface area contributed by atoms with Crippen LogP contribution in [0.25, 0.3) is 0 Å². The van der Waals surface area contributed by atoms with Crippen LogP contribution in [0.5, 0.6) is 0 Å². The van der Waals surface area contributed by atoms with Crippen LogP contribution in [0.1, 0.15) is 65.1 Å². The first-order valence-corrected chi connectivity index (χ1v) is 8.18. The summed E-state index contributed by atoms with van der Waals surface area (Å²) in [4.78, 5) is 4.45. The molecule has 1 aliphatic carbocycles. The molecule has 1 aromatic heterocycles. The molecule has 1 heterocycles. The van der Waals surface area contributed by atoms with E-state index < -0.39 is 0 Å². The first-order chi connectivity index (χ1) is 9.98. The third kappa shape index (κ3) is 3.47. The number of nitriles is 1. The van der Waals surface area contributed by atoms with E-state index in [2.05, 4.69) is 54.8 Å². The number of hydrogen-bond donors (Lipinski definition) is 1. The summed E-state index contributed by atoms with van der Waals surface area (Å²) in [5.41, 5.74) is -0.327. The molecule has 1 N–H and O–H groups in total. The minimum absolute atomic E-state index is 0.327. The molecule has 2 atom stereocenters. The van der Waals surface area contributed by atoms with Crippen LogP contribution < -0.4 is 5.32 Å². The summed E-state index contributed by atoms with van der Waals surface area (Å²) in [7, 11) is 0. The molecule has 0 amide bonds. The van der Waals surface area contributed by atoms with Crippen LogP contribution in [0.4, 0.5) is 0 Å². The van der Waals surface area contributed by atoms with Gasteiger partial charge in [-0.25, -0.2) is 4.98 Å². The Balaban J connectivity index is 2.05. The van der Waals surface area contributed by atoms with Crippen molar-refractivity contribution in [1.29, 1.82) is 5.26 Å². The van der Waals surface area contributed by atoms with Crippen LogP contribution in [0.3, 0.4) is 0 Å². The highest BCUT2D eigenvalue weighted by atomic mass is 15.1. The lowest BCUT2D eigenvalue weighted by molar-refractivity contribution is 0.271. The fourth-order valence-electron chi connectivity index (χ4n) is 3.66. The maximum Gasteiger partial charge on any atom is 0.111 e. The van der Waals surface area contributed by atoms with Crippen LogP contribution in [0, 0.1) is 17.2 Å². The van der Waals surface area contributed by atoms with Crippen LogP contribution in [0.15, 0.2) is 12.4 Å². The van der Waals surface area contributed by atoms with E-state index in [1.807, 2.05) is 6.20 Å². The number of aryl methyl sites for hydroxylation is 1. The molecule has 1 fully saturated rings. The normalized spacial score (nSPS) is 25.7. The minimum Gasteiger partial charge on any atom is -0.335 e. The molecule has 1 saturated carbocycles. The van der Waals surface area contributed by atoms with Gasteiger partial charge in [-0.05, 0) is 39.0 Å². The van der Waals surface area contributed by atoms with Crippen molar-refractivity contribution in [2.75, 3.05) is 0 Å². The number of imidazole rings is 1. The van der Waals surface area contributed by atoms with E-state index in [1.165, 1.54) is 0 Å². The Morgan fingerprint density at radius 3 is 2.86 bits per heavy atom. The predicted octanol–water partition coefficient (Wildman–Crippen LogP) is 3.46. The summed E-state index contributed by atoms with van der Waals surface area (Å²) in [5.74, 6) is 2.03. The lowest BCUT2D eigenvalue weighted by atomic mass is 9.85. The first kappa shape index (κ1) is 16.0. The van der Waals surface area contributed by atoms with Gasteiger partial charge in [-0.3, -0.25) is 5.32 Å². The van der Waals surface area contributed by atoms with Crippen molar-refractivity contribution < 1.29 is 0 Å². The second-order valence-corrected chi connectivity index (χ2v) is 6.89. The van der Waals surface area contributed by atoms with Crippen molar-refractivity contribution in [2.45, 2.75) is 77.4 Å². The Morgan fingerprint density at radius 1 is 1.48 bits per heavy atom. The molecule has 1 aromatic rings. The minimum atomic E-state index is -0.327. The van der Waals surface area contributed by atoms with Gasteiger partial charge in [0.25, 0.3) is 0 Å². The average molecular weight is 288 g/mol. The van der Waals surface area contributed by atoms with Crippen molar-refractivity contribution in [2.24, 2.45) is 5.92 Å². The van der Waals surface area contributed by atoms with Crippen molar-refractivity contribution in [3.8, 4) is 6.07 Å². The van der Waals surface area contributed by atoms with Gasteiger partial charge >= 0.3 is 0 Å². The van der Waals surface area contributed by atoms with Gasteiger partial charge in [0, 0.05) is 30.9 Å². The summed E-state index contributed by atoms with van der Waals surface area (Å²) in [6.07, 6.45) is 8.27. The van der Waals surface area contributed by atoms with E-state index in [0.29, 0.717) is 17.9 Å². The average Bonchev–Trinajstić information content (AvgIpc) is 3.02. The SMILES string of the molecule is CC(C)NC1(C#N)CCCC1CCn1ccnc1C(C)C. The molecular weight excluding hydrogens is 260 g/mol. The molecule has 21 heavy (non-hydrogen) atoms. The highest BCUT2D eigenvalue weighted by Gasteiger charge is 2.43. The fraction of sp³-hybridized carbons (Fsp3) is 0.765. The molecule has 0 aromatic carbocycles. The molecule has 4 nitrogen and oxygen atoms in total. The van der Waals surface area contributed by atoms with Gasteiger partial charge in [0.2, 0.25) is 0 Å². The molecule has 0 saturated heterocycles. The van der Waals surface area contributed by atoms with E-state index in [0.717, 1.165) is 38.1 Å². The summed E-state index contributed by atoms with van der Waals surface area (Å²) in [6.45, 7) is 9.56. The van der Waals surface area contributed by atoms with Gasteiger partial charge in [-0.1, -0.05) is 20.3 Å². The van der Waals surface area contributed by atoms with Crippen LogP contribution in [-0.4, -0.2) is 21.1 Å². The van der Waals surface area contributed by atoms with Gasteiger partial charge in [-0.15, -0.1) is 0 Å². The van der Waals surface area contributed by atoms with Crippen molar-refractivity contribution in [3.63, 3.8) is 0 Å². The maximum atomic E-state index is 9.70. The van der Waals surface area contributed by atoms with Crippen molar-refractivity contribution in [1.82, 2.24) is 14.9 Å². The van der Waals surface area contributed by atoms with Crippen LogP contribution in [-0.2, 0) is 6.54 Å². The second kappa shape index (κ2) is 6.62. The van der Waals surface area contributed by atoms with E-state index in [1.54, 1.807) is 0 Å². The zero-order valence-corrected chi connectivity index (χ0v) is 13.8. The smallest absolute Gasteiger partial charge is 0.111 e. The van der Waals surface area contributed by atoms with Gasteiger partial charge in [0.15, 0.2) is 0 Å². The zero-order valence-electron chi connectivity index (χ0n) is 13.8. The molecule has 2 rings (SSSR count). The Labute approximate surface area is 128 Å². The quantitative estimate of drug-likeness (QED) is 0.872. The summed E-state index contributed by atoms with van der Waals surface area (Å²) in [6, 6.07) is 2.94. The number of nitrogens with one attached hydrogen (secondary N) is 1. The summed E-state index contributed by atoms with van der Waals surface area (Å²) < 4.78 is 2.25. The summed E-state index contributed by atoms with van der Waals surface area (Å²) >= 11 is 0. The molecule has 1 aliphatic rings. The third-order valence-corrected chi connectivity index (χ3v) is 4.55. The van der Waals surface area contributed by atoms with Gasteiger partial charge in [-0.2, -0.15) is 5.26 Å². The number of hydrogen-bond acceptors (Lipinski definition) is 3. The Bertz CT molecular complexity index is 497. The summed E-state index contributed by atoms with van der Waals surface area (Å²) in [5, 5.41) is 13.2. The fourth-order valence-corrected chi connectivity index (χ4v) is 3.66. The maximum absolute atomic E-state index is 9.70. The van der Waals surface area contributed by atoms with Gasteiger partial charge < -0.3 is 4.57 Å². The number of rotatable bonds is 6. The van der Waals surface area contributed by atoms with E-state index in [-0.39, 0.29) is 5.54 Å². The van der Waals surface area contributed by atoms with E-state index >= 15 is 0 Å². The Morgan fingerprint density at radius 2 is 2.24 bits per heavy atom. The predicted molar refractivity (Wildman–Crippen MR) is 84.9 cm³/mol. The molecule has 116 valence electrons. The lowest BCUT2D eigenvalue weighted by Crippen LogP contribution is -2.50. The van der Waals surface area contributed by atoms with E-state index in [4.69, 9.17) is 0 Å². The number of aromatic nitrogens is 2. The molecular formula is C17H28N4. The Kier molecular flexibility index (Phi) is 5.05. The third-order valence-electron chi connectivity index (χ3n) is 4.55. The van der Waals surface area contributed by atoms with Crippen molar-refractivity contribution >= 4 is 0 Å². The standard InChI is InChI=1S/C17H28N4/c1-13(2)16-19-9-11-21(16)10-7-15-6-5-8-17(15,12-18)20-14(3)4/h9,11,13-15,20H,5-8,10H2,1-4H3. The highest BCUT2D eigenvalue weighted by molar-refractivity contribution is 5.14. The van der Waals surface area contributed by atoms with Gasteiger partial charge in [0.1, 0.15) is 11.4 Å². The topological polar surface area (TPSA) is 53.6 Å².